The van der Waals surface area contributed by atoms with Crippen LogP contribution in [0.25, 0.3) is 0 Å². The smallest absolute Gasteiger partial charge is 0.387 e. The molecule has 0 aliphatic rings. The van der Waals surface area contributed by atoms with Crippen LogP contribution in [0.3, 0.4) is 0 Å². The Kier molecular flexibility index (Phi) is 6.07. The quantitative estimate of drug-likeness (QED) is 0.762. The second-order valence-corrected chi connectivity index (χ2v) is 3.51. The lowest BCUT2D eigenvalue weighted by molar-refractivity contribution is -0.0498. The van der Waals surface area contributed by atoms with Crippen LogP contribution in [-0.2, 0) is 4.74 Å². The van der Waals surface area contributed by atoms with E-state index in [1.165, 1.54) is 24.3 Å². The Morgan fingerprint density at radius 2 is 2.00 bits per heavy atom. The van der Waals surface area contributed by atoms with Gasteiger partial charge in [0.2, 0.25) is 0 Å². The van der Waals surface area contributed by atoms with Crippen molar-refractivity contribution in [1.82, 2.24) is 5.32 Å². The summed E-state index contributed by atoms with van der Waals surface area (Å²) in [4.78, 5) is 11.6. The highest BCUT2D eigenvalue weighted by Crippen LogP contribution is 2.14. The van der Waals surface area contributed by atoms with Crippen LogP contribution < -0.4 is 10.1 Å². The Hall–Kier alpha value is -1.69. The highest BCUT2D eigenvalue weighted by atomic mass is 19.3. The number of methoxy groups -OCH3 is 1. The summed E-state index contributed by atoms with van der Waals surface area (Å²) in [5.74, 6) is -0.226. The molecule has 0 aliphatic heterocycles. The van der Waals surface area contributed by atoms with Gasteiger partial charge in [0.05, 0.1) is 0 Å². The first kappa shape index (κ1) is 14.4. The van der Waals surface area contributed by atoms with E-state index in [0.29, 0.717) is 18.7 Å². The van der Waals surface area contributed by atoms with Crippen molar-refractivity contribution < 1.29 is 23.0 Å². The maximum Gasteiger partial charge on any atom is 0.387 e. The van der Waals surface area contributed by atoms with Crippen LogP contribution in [0.1, 0.15) is 16.8 Å². The fourth-order valence-corrected chi connectivity index (χ4v) is 1.31. The molecule has 1 aromatic rings. The van der Waals surface area contributed by atoms with Crippen molar-refractivity contribution in [2.45, 2.75) is 13.0 Å². The Morgan fingerprint density at radius 1 is 1.33 bits per heavy atom. The molecule has 6 heteroatoms. The zero-order valence-electron chi connectivity index (χ0n) is 9.99. The molecule has 0 atom stereocenters. The van der Waals surface area contributed by atoms with E-state index in [1.54, 1.807) is 7.11 Å². The number of amides is 1. The number of hydrogen-bond donors (Lipinski definition) is 1. The summed E-state index contributed by atoms with van der Waals surface area (Å²) < 4.78 is 32.8. The van der Waals surface area contributed by atoms with Gasteiger partial charge in [-0.15, -0.1) is 0 Å². The van der Waals surface area contributed by atoms with Gasteiger partial charge in [0.15, 0.2) is 0 Å². The number of alkyl halides is 2. The van der Waals surface area contributed by atoms with E-state index in [-0.39, 0.29) is 11.7 Å². The number of halogens is 2. The minimum absolute atomic E-state index is 0.0286. The molecule has 1 rings (SSSR count). The lowest BCUT2D eigenvalue weighted by atomic mass is 10.2. The standard InChI is InChI=1S/C12H15F2NO3/c1-17-8-2-7-15-11(16)9-3-5-10(6-4-9)18-12(13)14/h3-6,12H,2,7-8H2,1H3,(H,15,16). The molecule has 0 saturated heterocycles. The molecule has 0 fully saturated rings. The van der Waals surface area contributed by atoms with E-state index >= 15 is 0 Å². The van der Waals surface area contributed by atoms with Crippen LogP contribution in [0, 0.1) is 0 Å². The fourth-order valence-electron chi connectivity index (χ4n) is 1.31. The predicted octanol–water partition coefficient (Wildman–Crippen LogP) is 2.05. The van der Waals surface area contributed by atoms with E-state index in [0.717, 1.165) is 6.42 Å². The molecule has 1 amide bonds. The summed E-state index contributed by atoms with van der Waals surface area (Å²) in [6, 6.07) is 5.53. The molecular weight excluding hydrogens is 244 g/mol. The van der Waals surface area contributed by atoms with Crippen molar-refractivity contribution in [3.63, 3.8) is 0 Å². The Bertz CT molecular complexity index is 368. The third kappa shape index (κ3) is 5.09. The van der Waals surface area contributed by atoms with E-state index in [9.17, 15) is 13.6 Å². The lowest BCUT2D eigenvalue weighted by Crippen LogP contribution is -2.25. The molecule has 100 valence electrons. The largest absolute Gasteiger partial charge is 0.435 e. The second-order valence-electron chi connectivity index (χ2n) is 3.51. The molecule has 0 aromatic heterocycles. The molecular formula is C12H15F2NO3. The van der Waals surface area contributed by atoms with Crippen molar-refractivity contribution in [1.29, 1.82) is 0 Å². The summed E-state index contributed by atoms with van der Waals surface area (Å²) >= 11 is 0. The van der Waals surface area contributed by atoms with Gasteiger partial charge in [0, 0.05) is 25.8 Å². The SMILES string of the molecule is COCCCNC(=O)c1ccc(OC(F)F)cc1. The van der Waals surface area contributed by atoms with Crippen molar-refractivity contribution >= 4 is 5.91 Å². The van der Waals surface area contributed by atoms with Crippen molar-refractivity contribution in [3.8, 4) is 5.75 Å². The third-order valence-corrected chi connectivity index (χ3v) is 2.15. The zero-order chi connectivity index (χ0) is 13.4. The van der Waals surface area contributed by atoms with Gasteiger partial charge < -0.3 is 14.8 Å². The van der Waals surface area contributed by atoms with Crippen LogP contribution in [0.2, 0.25) is 0 Å². The van der Waals surface area contributed by atoms with E-state index in [1.807, 2.05) is 0 Å². The molecule has 0 spiro atoms. The molecule has 4 nitrogen and oxygen atoms in total. The van der Waals surface area contributed by atoms with Crippen LogP contribution in [0.5, 0.6) is 5.75 Å². The van der Waals surface area contributed by atoms with Gasteiger partial charge in [-0.1, -0.05) is 0 Å². The van der Waals surface area contributed by atoms with E-state index < -0.39 is 6.61 Å². The predicted molar refractivity (Wildman–Crippen MR) is 61.9 cm³/mol. The normalized spacial score (nSPS) is 10.4. The highest BCUT2D eigenvalue weighted by Gasteiger charge is 2.07. The fraction of sp³-hybridized carbons (Fsp3) is 0.417. The topological polar surface area (TPSA) is 47.6 Å². The summed E-state index contributed by atoms with van der Waals surface area (Å²) in [6.45, 7) is -1.79. The first-order valence-corrected chi connectivity index (χ1v) is 5.45. The molecule has 18 heavy (non-hydrogen) atoms. The Morgan fingerprint density at radius 3 is 2.56 bits per heavy atom. The van der Waals surface area contributed by atoms with Gasteiger partial charge in [0.1, 0.15) is 5.75 Å². The summed E-state index contributed by atoms with van der Waals surface area (Å²) in [7, 11) is 1.59. The van der Waals surface area contributed by atoms with Gasteiger partial charge in [-0.25, -0.2) is 0 Å². The number of nitrogens with one attached hydrogen (secondary N) is 1. The molecule has 0 saturated carbocycles. The minimum Gasteiger partial charge on any atom is -0.435 e. The monoisotopic (exact) mass is 259 g/mol. The van der Waals surface area contributed by atoms with E-state index in [4.69, 9.17) is 4.74 Å². The minimum atomic E-state index is -2.86. The number of benzene rings is 1. The maximum atomic E-state index is 11.9. The zero-order valence-corrected chi connectivity index (χ0v) is 9.99. The number of rotatable bonds is 7. The summed E-state index contributed by atoms with van der Waals surface area (Å²) in [5, 5.41) is 2.69. The highest BCUT2D eigenvalue weighted by molar-refractivity contribution is 5.94. The molecule has 0 bridgehead atoms. The van der Waals surface area contributed by atoms with Gasteiger partial charge in [-0.2, -0.15) is 8.78 Å². The molecule has 1 N–H and O–H groups in total. The molecule has 0 aliphatic carbocycles. The first-order valence-electron chi connectivity index (χ1n) is 5.45. The van der Waals surface area contributed by atoms with E-state index in [2.05, 4.69) is 10.1 Å². The van der Waals surface area contributed by atoms with Gasteiger partial charge >= 0.3 is 6.61 Å². The number of carbonyl (C=O) groups excluding carboxylic acids is 1. The van der Waals surface area contributed by atoms with Crippen LogP contribution in [0.15, 0.2) is 24.3 Å². The van der Waals surface area contributed by atoms with Crippen LogP contribution in [0.4, 0.5) is 8.78 Å². The second kappa shape index (κ2) is 7.60. The average Bonchev–Trinajstić information content (AvgIpc) is 2.34. The molecule has 0 heterocycles. The lowest BCUT2D eigenvalue weighted by Gasteiger charge is -2.07. The summed E-state index contributed by atoms with van der Waals surface area (Å²) in [6.07, 6.45) is 0.717. The van der Waals surface area contributed by atoms with Gasteiger partial charge in [0.25, 0.3) is 5.91 Å². The number of carbonyl (C=O) groups is 1. The molecule has 0 unspecified atom stereocenters. The van der Waals surface area contributed by atoms with Crippen LogP contribution >= 0.6 is 0 Å². The number of hydrogen-bond acceptors (Lipinski definition) is 3. The van der Waals surface area contributed by atoms with Crippen molar-refractivity contribution in [2.75, 3.05) is 20.3 Å². The van der Waals surface area contributed by atoms with Gasteiger partial charge in [-0.3, -0.25) is 4.79 Å². The third-order valence-electron chi connectivity index (χ3n) is 2.15. The molecule has 0 radical (unpaired) electrons. The van der Waals surface area contributed by atoms with Crippen molar-refractivity contribution in [3.05, 3.63) is 29.8 Å². The Balaban J connectivity index is 2.43. The maximum absolute atomic E-state index is 11.9. The number of ether oxygens (including phenoxy) is 2. The Labute approximate surface area is 104 Å². The van der Waals surface area contributed by atoms with Crippen molar-refractivity contribution in [2.24, 2.45) is 0 Å². The first-order chi connectivity index (χ1) is 8.63. The van der Waals surface area contributed by atoms with Crippen LogP contribution in [-0.4, -0.2) is 32.8 Å². The molecule has 1 aromatic carbocycles. The van der Waals surface area contributed by atoms with Gasteiger partial charge in [-0.05, 0) is 30.7 Å². The summed E-state index contributed by atoms with van der Waals surface area (Å²) in [5.41, 5.74) is 0.397. The average molecular weight is 259 g/mol.